The second kappa shape index (κ2) is 6.13. The first-order valence-electron chi connectivity index (χ1n) is 7.18. The molecular formula is C13H17N5O4S. The fourth-order valence-electron chi connectivity index (χ4n) is 2.60. The second-order valence-corrected chi connectivity index (χ2v) is 7.07. The van der Waals surface area contributed by atoms with Crippen LogP contribution in [0, 0.1) is 0 Å². The number of aromatic nitrogens is 3. The lowest BCUT2D eigenvalue weighted by atomic mass is 10.1. The van der Waals surface area contributed by atoms with Crippen LogP contribution in [0.25, 0.3) is 0 Å². The molecule has 1 fully saturated rings. The lowest BCUT2D eigenvalue weighted by molar-refractivity contribution is 0.0635. The van der Waals surface area contributed by atoms with Crippen molar-refractivity contribution in [1.29, 1.82) is 0 Å². The Bertz CT molecular complexity index is 783. The zero-order chi connectivity index (χ0) is 16.4. The van der Waals surface area contributed by atoms with Crippen molar-refractivity contribution in [1.82, 2.24) is 24.4 Å². The minimum Gasteiger partial charge on any atom is -0.438 e. The second-order valence-electron chi connectivity index (χ2n) is 5.25. The van der Waals surface area contributed by atoms with Crippen molar-refractivity contribution in [2.75, 3.05) is 20.1 Å². The summed E-state index contributed by atoms with van der Waals surface area (Å²) in [5.74, 6) is -0.314. The van der Waals surface area contributed by atoms with E-state index in [0.717, 1.165) is 12.8 Å². The smallest absolute Gasteiger partial charge is 0.289 e. The van der Waals surface area contributed by atoms with E-state index in [-0.39, 0.29) is 22.8 Å². The van der Waals surface area contributed by atoms with Crippen molar-refractivity contribution in [3.63, 3.8) is 0 Å². The highest BCUT2D eigenvalue weighted by Gasteiger charge is 2.28. The number of piperidine rings is 1. The number of rotatable bonds is 4. The van der Waals surface area contributed by atoms with Gasteiger partial charge in [0.25, 0.3) is 15.9 Å². The lowest BCUT2D eigenvalue weighted by Crippen LogP contribution is -2.40. The van der Waals surface area contributed by atoms with Crippen molar-refractivity contribution in [3.8, 4) is 0 Å². The van der Waals surface area contributed by atoms with Crippen LogP contribution < -0.4 is 4.72 Å². The summed E-state index contributed by atoms with van der Waals surface area (Å²) in [6, 6.07) is 2.72. The average Bonchev–Trinajstić information content (AvgIpc) is 3.26. The van der Waals surface area contributed by atoms with Gasteiger partial charge < -0.3 is 9.32 Å². The maximum Gasteiger partial charge on any atom is 0.289 e. The van der Waals surface area contributed by atoms with Gasteiger partial charge in [-0.3, -0.25) is 4.79 Å². The molecule has 1 N–H and O–H groups in total. The number of hydrogen-bond acceptors (Lipinski definition) is 6. The van der Waals surface area contributed by atoms with Crippen molar-refractivity contribution in [2.24, 2.45) is 0 Å². The molecule has 0 bridgehead atoms. The third-order valence-corrected chi connectivity index (χ3v) is 5.11. The van der Waals surface area contributed by atoms with E-state index in [2.05, 4.69) is 14.8 Å². The molecule has 0 saturated carbocycles. The van der Waals surface area contributed by atoms with Crippen LogP contribution in [0.1, 0.15) is 29.4 Å². The third kappa shape index (κ3) is 3.13. The predicted octanol–water partition coefficient (Wildman–Crippen LogP) is 0.256. The Labute approximate surface area is 133 Å². The molecule has 10 heteroatoms. The Morgan fingerprint density at radius 1 is 1.43 bits per heavy atom. The Kier molecular flexibility index (Phi) is 4.18. The van der Waals surface area contributed by atoms with Gasteiger partial charge in [0.15, 0.2) is 5.76 Å². The summed E-state index contributed by atoms with van der Waals surface area (Å²) in [6.07, 6.45) is 4.83. The highest BCUT2D eigenvalue weighted by molar-refractivity contribution is 7.89. The molecule has 0 aliphatic carbocycles. The summed E-state index contributed by atoms with van der Waals surface area (Å²) in [7, 11) is -2.41. The zero-order valence-corrected chi connectivity index (χ0v) is 13.4. The minimum absolute atomic E-state index is 0.0121. The van der Waals surface area contributed by atoms with Crippen LogP contribution in [0.2, 0.25) is 0 Å². The summed E-state index contributed by atoms with van der Waals surface area (Å²) in [6.45, 7) is 1.08. The van der Waals surface area contributed by atoms with Crippen LogP contribution in [0.4, 0.5) is 0 Å². The predicted molar refractivity (Wildman–Crippen MR) is 79.2 cm³/mol. The summed E-state index contributed by atoms with van der Waals surface area (Å²) < 4.78 is 32.4. The van der Waals surface area contributed by atoms with E-state index < -0.39 is 10.0 Å². The Hall–Kier alpha value is -2.20. The van der Waals surface area contributed by atoms with Gasteiger partial charge in [0.2, 0.25) is 5.09 Å². The van der Waals surface area contributed by atoms with Crippen LogP contribution in [0.3, 0.4) is 0 Å². The number of nitrogens with zero attached hydrogens (tertiary/aromatic N) is 4. The largest absolute Gasteiger partial charge is 0.438 e. The van der Waals surface area contributed by atoms with Crippen molar-refractivity contribution in [2.45, 2.75) is 24.0 Å². The fraction of sp³-hybridized carbons (Fsp3) is 0.462. The summed E-state index contributed by atoms with van der Waals surface area (Å²) in [5, 5.41) is 3.84. The van der Waals surface area contributed by atoms with Crippen LogP contribution >= 0.6 is 0 Å². The summed E-state index contributed by atoms with van der Waals surface area (Å²) >= 11 is 0. The highest BCUT2D eigenvalue weighted by atomic mass is 32.2. The first-order valence-corrected chi connectivity index (χ1v) is 8.66. The van der Waals surface area contributed by atoms with Gasteiger partial charge in [-0.25, -0.2) is 22.8 Å². The molecule has 124 valence electrons. The molecule has 9 nitrogen and oxygen atoms in total. The van der Waals surface area contributed by atoms with E-state index in [4.69, 9.17) is 4.42 Å². The van der Waals surface area contributed by atoms with Gasteiger partial charge in [0.1, 0.15) is 12.7 Å². The SMILES string of the molecule is CNS(=O)(=O)c1ccc(C(=O)N2CCC[C@@H](n3cncn3)C2)o1. The van der Waals surface area contributed by atoms with Crippen molar-refractivity contribution < 1.29 is 17.6 Å². The number of amides is 1. The number of nitrogens with one attached hydrogen (secondary N) is 1. The number of carbonyl (C=O) groups is 1. The van der Waals surface area contributed by atoms with Gasteiger partial charge >= 0.3 is 0 Å². The highest BCUT2D eigenvalue weighted by Crippen LogP contribution is 2.23. The number of sulfonamides is 1. The molecule has 1 amide bonds. The van der Waals surface area contributed by atoms with Gasteiger partial charge in [0.05, 0.1) is 6.04 Å². The molecule has 23 heavy (non-hydrogen) atoms. The van der Waals surface area contributed by atoms with Crippen molar-refractivity contribution in [3.05, 3.63) is 30.5 Å². The molecule has 0 radical (unpaired) electrons. The standard InChI is InChI=1S/C13H17N5O4S/c1-14-23(20,21)12-5-4-11(22-12)13(19)17-6-2-3-10(7-17)18-9-15-8-16-18/h4-5,8-10,14H,2-3,6-7H2,1H3/t10-/m1/s1. The number of furan rings is 1. The van der Waals surface area contributed by atoms with Crippen LogP contribution in [-0.2, 0) is 10.0 Å². The molecule has 1 saturated heterocycles. The molecule has 2 aromatic rings. The first kappa shape index (κ1) is 15.7. The third-order valence-electron chi connectivity index (χ3n) is 3.82. The molecule has 3 heterocycles. The van der Waals surface area contributed by atoms with Gasteiger partial charge in [0, 0.05) is 13.1 Å². The van der Waals surface area contributed by atoms with E-state index in [0.29, 0.717) is 13.1 Å². The van der Waals surface area contributed by atoms with Gasteiger partial charge in [-0.05, 0) is 32.0 Å². The van der Waals surface area contributed by atoms with Gasteiger partial charge in [-0.1, -0.05) is 0 Å². The summed E-state index contributed by atoms with van der Waals surface area (Å²) in [4.78, 5) is 18.1. The van der Waals surface area contributed by atoms with E-state index in [9.17, 15) is 13.2 Å². The number of likely N-dealkylation sites (tertiary alicyclic amines) is 1. The molecule has 2 aromatic heterocycles. The zero-order valence-electron chi connectivity index (χ0n) is 12.5. The van der Waals surface area contributed by atoms with Gasteiger partial charge in [-0.2, -0.15) is 5.10 Å². The number of hydrogen-bond donors (Lipinski definition) is 1. The van der Waals surface area contributed by atoms with E-state index in [1.54, 1.807) is 15.9 Å². The van der Waals surface area contributed by atoms with Crippen LogP contribution in [-0.4, -0.2) is 54.1 Å². The maximum atomic E-state index is 12.5. The Balaban J connectivity index is 1.75. The van der Waals surface area contributed by atoms with Gasteiger partial charge in [-0.15, -0.1) is 0 Å². The van der Waals surface area contributed by atoms with Crippen LogP contribution in [0.15, 0.2) is 34.3 Å². The van der Waals surface area contributed by atoms with E-state index in [1.165, 1.54) is 25.5 Å². The van der Waals surface area contributed by atoms with Crippen molar-refractivity contribution >= 4 is 15.9 Å². The Morgan fingerprint density at radius 2 is 2.26 bits per heavy atom. The molecule has 0 aromatic carbocycles. The molecule has 1 aliphatic heterocycles. The summed E-state index contributed by atoms with van der Waals surface area (Å²) in [5.41, 5.74) is 0. The molecule has 3 rings (SSSR count). The molecule has 0 unspecified atom stereocenters. The van der Waals surface area contributed by atoms with Crippen LogP contribution in [0.5, 0.6) is 0 Å². The molecule has 0 spiro atoms. The minimum atomic E-state index is -3.70. The quantitative estimate of drug-likeness (QED) is 0.855. The number of carbonyl (C=O) groups excluding carboxylic acids is 1. The normalized spacial score (nSPS) is 19.0. The molecular weight excluding hydrogens is 322 g/mol. The fourth-order valence-corrected chi connectivity index (χ4v) is 3.24. The Morgan fingerprint density at radius 3 is 2.96 bits per heavy atom. The average molecular weight is 339 g/mol. The van der Waals surface area contributed by atoms with E-state index in [1.807, 2.05) is 0 Å². The first-order chi connectivity index (χ1) is 11.0. The molecule has 1 aliphatic rings. The monoisotopic (exact) mass is 339 g/mol. The maximum absolute atomic E-state index is 12.5. The lowest BCUT2D eigenvalue weighted by Gasteiger charge is -2.32. The molecule has 1 atom stereocenters. The van der Waals surface area contributed by atoms with E-state index >= 15 is 0 Å². The topological polar surface area (TPSA) is 110 Å².